The fourth-order valence-corrected chi connectivity index (χ4v) is 2.55. The molecule has 1 heterocycles. The fraction of sp³-hybridized carbons (Fsp3) is 0.333. The van der Waals surface area contributed by atoms with Crippen molar-refractivity contribution in [3.8, 4) is 0 Å². The molecule has 0 aromatic heterocycles. The predicted octanol–water partition coefficient (Wildman–Crippen LogP) is 1.83. The highest BCUT2D eigenvalue weighted by atomic mass is 32.2. The normalized spacial score (nSPS) is 15.0. The lowest BCUT2D eigenvalue weighted by Gasteiger charge is -2.02. The Morgan fingerprint density at radius 1 is 1.45 bits per heavy atom. The summed E-state index contributed by atoms with van der Waals surface area (Å²) in [5, 5.41) is 8.99. The van der Waals surface area contributed by atoms with Crippen molar-refractivity contribution in [2.75, 3.05) is 5.75 Å². The Bertz CT molecular complexity index is 270. The summed E-state index contributed by atoms with van der Waals surface area (Å²) < 4.78 is 0. The average Bonchev–Trinajstić information content (AvgIpc) is 2.50. The molecule has 0 unspecified atom stereocenters. The lowest BCUT2D eigenvalue weighted by molar-refractivity contribution is 0.280. The summed E-state index contributed by atoms with van der Waals surface area (Å²) in [6.07, 6.45) is 1.12. The molecule has 0 bridgehead atoms. The van der Waals surface area contributed by atoms with Gasteiger partial charge >= 0.3 is 0 Å². The predicted molar refractivity (Wildman–Crippen MR) is 46.8 cm³/mol. The summed E-state index contributed by atoms with van der Waals surface area (Å²) in [4.78, 5) is 1.36. The quantitative estimate of drug-likeness (QED) is 0.686. The van der Waals surface area contributed by atoms with E-state index in [9.17, 15) is 0 Å². The zero-order chi connectivity index (χ0) is 7.68. The molecule has 58 valence electrons. The van der Waals surface area contributed by atoms with Gasteiger partial charge in [0.15, 0.2) is 0 Å². The summed E-state index contributed by atoms with van der Waals surface area (Å²) in [5.41, 5.74) is 2.47. The third kappa shape index (κ3) is 1.17. The van der Waals surface area contributed by atoms with Crippen LogP contribution in [0.25, 0.3) is 0 Å². The first-order valence-corrected chi connectivity index (χ1v) is 4.75. The van der Waals surface area contributed by atoms with Gasteiger partial charge in [-0.2, -0.15) is 0 Å². The maximum absolute atomic E-state index is 8.99. The van der Waals surface area contributed by atoms with E-state index < -0.39 is 0 Å². The number of benzene rings is 1. The second-order valence-electron chi connectivity index (χ2n) is 2.65. The number of aliphatic hydroxyl groups excluding tert-OH is 1. The average molecular weight is 166 g/mol. The van der Waals surface area contributed by atoms with Crippen LogP contribution in [0.15, 0.2) is 23.1 Å². The van der Waals surface area contributed by atoms with E-state index in [1.807, 2.05) is 23.9 Å². The number of fused-ring (bicyclic) bond motifs is 1. The molecule has 1 aromatic rings. The molecule has 2 rings (SSSR count). The van der Waals surface area contributed by atoms with Crippen LogP contribution < -0.4 is 0 Å². The minimum absolute atomic E-state index is 0.184. The monoisotopic (exact) mass is 166 g/mol. The molecule has 0 fully saturated rings. The Labute approximate surface area is 70.4 Å². The van der Waals surface area contributed by atoms with Gasteiger partial charge in [-0.25, -0.2) is 0 Å². The van der Waals surface area contributed by atoms with Crippen LogP contribution in [0.3, 0.4) is 0 Å². The van der Waals surface area contributed by atoms with Gasteiger partial charge in [-0.1, -0.05) is 12.1 Å². The SMILES string of the molecule is OCc1cccc2c1CCS2. The van der Waals surface area contributed by atoms with Crippen molar-refractivity contribution in [1.29, 1.82) is 0 Å². The molecule has 1 aromatic carbocycles. The second kappa shape index (κ2) is 2.88. The Kier molecular flexibility index (Phi) is 1.88. The van der Waals surface area contributed by atoms with Gasteiger partial charge in [0, 0.05) is 10.6 Å². The van der Waals surface area contributed by atoms with E-state index in [4.69, 9.17) is 5.11 Å². The van der Waals surface area contributed by atoms with Gasteiger partial charge in [-0.15, -0.1) is 11.8 Å². The van der Waals surface area contributed by atoms with Crippen LogP contribution >= 0.6 is 11.8 Å². The van der Waals surface area contributed by atoms with Crippen molar-refractivity contribution in [3.05, 3.63) is 29.3 Å². The fourth-order valence-electron chi connectivity index (χ4n) is 1.44. The third-order valence-corrected chi connectivity index (χ3v) is 3.11. The number of hydrogen-bond donors (Lipinski definition) is 1. The van der Waals surface area contributed by atoms with Crippen molar-refractivity contribution < 1.29 is 5.11 Å². The highest BCUT2D eigenvalue weighted by molar-refractivity contribution is 7.99. The number of hydrogen-bond acceptors (Lipinski definition) is 2. The first-order valence-electron chi connectivity index (χ1n) is 3.76. The maximum atomic E-state index is 8.99. The van der Waals surface area contributed by atoms with Crippen molar-refractivity contribution >= 4 is 11.8 Å². The standard InChI is InChI=1S/C9H10OS/c10-6-7-2-1-3-9-8(7)4-5-11-9/h1-3,10H,4-6H2. The van der Waals surface area contributed by atoms with E-state index >= 15 is 0 Å². The minimum atomic E-state index is 0.184. The van der Waals surface area contributed by atoms with Crippen molar-refractivity contribution in [2.24, 2.45) is 0 Å². The van der Waals surface area contributed by atoms with E-state index in [0.717, 1.165) is 12.0 Å². The largest absolute Gasteiger partial charge is 0.392 e. The second-order valence-corrected chi connectivity index (χ2v) is 3.79. The Balaban J connectivity index is 2.50. The van der Waals surface area contributed by atoms with Gasteiger partial charge in [-0.05, 0) is 23.6 Å². The molecule has 0 saturated carbocycles. The Hall–Kier alpha value is -0.470. The molecule has 0 atom stereocenters. The lowest BCUT2D eigenvalue weighted by Crippen LogP contribution is -1.91. The zero-order valence-electron chi connectivity index (χ0n) is 6.21. The summed E-state index contributed by atoms with van der Waals surface area (Å²) in [6, 6.07) is 6.15. The molecule has 1 nitrogen and oxygen atoms in total. The van der Waals surface area contributed by atoms with E-state index in [0.29, 0.717) is 0 Å². The maximum Gasteiger partial charge on any atom is 0.0684 e. The van der Waals surface area contributed by atoms with E-state index in [-0.39, 0.29) is 6.61 Å². The van der Waals surface area contributed by atoms with Crippen molar-refractivity contribution in [3.63, 3.8) is 0 Å². The van der Waals surface area contributed by atoms with Crippen LogP contribution in [0.4, 0.5) is 0 Å². The van der Waals surface area contributed by atoms with Gasteiger partial charge in [0.1, 0.15) is 0 Å². The first kappa shape index (κ1) is 7.19. The smallest absolute Gasteiger partial charge is 0.0684 e. The molecule has 1 N–H and O–H groups in total. The number of thioether (sulfide) groups is 1. The summed E-state index contributed by atoms with van der Waals surface area (Å²) in [5.74, 6) is 1.17. The van der Waals surface area contributed by atoms with Gasteiger partial charge in [-0.3, -0.25) is 0 Å². The first-order chi connectivity index (χ1) is 5.42. The molecule has 2 heteroatoms. The Morgan fingerprint density at radius 3 is 3.18 bits per heavy atom. The third-order valence-electron chi connectivity index (χ3n) is 2.01. The topological polar surface area (TPSA) is 20.2 Å². The van der Waals surface area contributed by atoms with E-state index in [1.165, 1.54) is 16.2 Å². The molecule has 11 heavy (non-hydrogen) atoms. The van der Waals surface area contributed by atoms with Crippen LogP contribution in [0.5, 0.6) is 0 Å². The van der Waals surface area contributed by atoms with Crippen LogP contribution in [-0.2, 0) is 13.0 Å². The lowest BCUT2D eigenvalue weighted by atomic mass is 10.1. The zero-order valence-corrected chi connectivity index (χ0v) is 7.03. The number of rotatable bonds is 1. The molecular weight excluding hydrogens is 156 g/mol. The minimum Gasteiger partial charge on any atom is -0.392 e. The van der Waals surface area contributed by atoms with Crippen molar-refractivity contribution in [2.45, 2.75) is 17.9 Å². The summed E-state index contributed by atoms with van der Waals surface area (Å²) >= 11 is 1.89. The van der Waals surface area contributed by atoms with Crippen LogP contribution in [0.1, 0.15) is 11.1 Å². The van der Waals surface area contributed by atoms with Gasteiger partial charge < -0.3 is 5.11 Å². The van der Waals surface area contributed by atoms with Gasteiger partial charge in [0.2, 0.25) is 0 Å². The van der Waals surface area contributed by atoms with Crippen LogP contribution in [-0.4, -0.2) is 10.9 Å². The summed E-state index contributed by atoms with van der Waals surface area (Å²) in [6.45, 7) is 0.184. The summed E-state index contributed by atoms with van der Waals surface area (Å²) in [7, 11) is 0. The molecule has 0 spiro atoms. The molecule has 0 aliphatic carbocycles. The molecule has 0 saturated heterocycles. The van der Waals surface area contributed by atoms with Crippen LogP contribution in [0, 0.1) is 0 Å². The molecule has 1 aliphatic heterocycles. The van der Waals surface area contributed by atoms with Crippen LogP contribution in [0.2, 0.25) is 0 Å². The van der Waals surface area contributed by atoms with Crippen molar-refractivity contribution in [1.82, 2.24) is 0 Å². The number of aliphatic hydroxyl groups is 1. The highest BCUT2D eigenvalue weighted by Gasteiger charge is 2.13. The molecule has 0 radical (unpaired) electrons. The van der Waals surface area contributed by atoms with E-state index in [2.05, 4.69) is 6.07 Å². The molecule has 1 aliphatic rings. The molecular formula is C9H10OS. The van der Waals surface area contributed by atoms with Gasteiger partial charge in [0.05, 0.1) is 6.61 Å². The van der Waals surface area contributed by atoms with Gasteiger partial charge in [0.25, 0.3) is 0 Å². The molecule has 0 amide bonds. The Morgan fingerprint density at radius 2 is 2.36 bits per heavy atom. The highest BCUT2D eigenvalue weighted by Crippen LogP contribution is 2.33. The van der Waals surface area contributed by atoms with E-state index in [1.54, 1.807) is 0 Å².